The van der Waals surface area contributed by atoms with Crippen molar-refractivity contribution in [3.63, 3.8) is 0 Å². The average molecular weight is 312 g/mol. The molecule has 4 aromatic rings. The molecule has 0 radical (unpaired) electrons. The first-order valence-corrected chi connectivity index (χ1v) is 7.79. The second-order valence-corrected chi connectivity index (χ2v) is 5.56. The van der Waals surface area contributed by atoms with Gasteiger partial charge in [0, 0.05) is 24.4 Å². The van der Waals surface area contributed by atoms with E-state index in [4.69, 9.17) is 4.99 Å². The third kappa shape index (κ3) is 2.70. The van der Waals surface area contributed by atoms with Crippen molar-refractivity contribution in [3.05, 3.63) is 90.3 Å². The van der Waals surface area contributed by atoms with Crippen molar-refractivity contribution in [1.29, 1.82) is 0 Å². The summed E-state index contributed by atoms with van der Waals surface area (Å²) >= 11 is 0. The van der Waals surface area contributed by atoms with Crippen LogP contribution in [0.4, 0.5) is 5.95 Å². The molecule has 4 rings (SSSR count). The lowest BCUT2D eigenvalue weighted by Crippen LogP contribution is -2.03. The monoisotopic (exact) mass is 312 g/mol. The van der Waals surface area contributed by atoms with Crippen molar-refractivity contribution in [1.82, 2.24) is 14.5 Å². The standard InChI is InChI=1S/C20H16N4/c1-24-13-12-17-18(24)14-21-20(22-17)23-19(15-8-4-2-5-9-15)16-10-6-3-7-11-16/h2-14H,1H3. The largest absolute Gasteiger partial charge is 0.348 e. The molecule has 4 nitrogen and oxygen atoms in total. The molecule has 0 aliphatic heterocycles. The van der Waals surface area contributed by atoms with Crippen molar-refractivity contribution in [2.75, 3.05) is 0 Å². The molecule has 0 spiro atoms. The Hall–Kier alpha value is -3.27. The van der Waals surface area contributed by atoms with E-state index in [0.717, 1.165) is 27.9 Å². The number of benzene rings is 2. The highest BCUT2D eigenvalue weighted by Gasteiger charge is 2.09. The molecule has 0 unspecified atom stereocenters. The maximum Gasteiger partial charge on any atom is 0.250 e. The smallest absolute Gasteiger partial charge is 0.250 e. The molecule has 0 bridgehead atoms. The van der Waals surface area contributed by atoms with E-state index in [1.165, 1.54) is 0 Å². The Morgan fingerprint density at radius 1 is 0.875 bits per heavy atom. The Labute approximate surface area is 140 Å². The van der Waals surface area contributed by atoms with Crippen LogP contribution in [0.3, 0.4) is 0 Å². The number of aliphatic imine (C=N–C) groups is 1. The van der Waals surface area contributed by atoms with E-state index in [1.54, 1.807) is 0 Å². The predicted molar refractivity (Wildman–Crippen MR) is 96.7 cm³/mol. The number of hydrogen-bond acceptors (Lipinski definition) is 3. The SMILES string of the molecule is Cn1ccc2nc(N=C(c3ccccc3)c3ccccc3)ncc21. The predicted octanol–water partition coefficient (Wildman–Crippen LogP) is 4.14. The minimum absolute atomic E-state index is 0.469. The molecule has 0 saturated carbocycles. The zero-order chi connectivity index (χ0) is 16.4. The Kier molecular flexibility index (Phi) is 3.63. The summed E-state index contributed by atoms with van der Waals surface area (Å²) in [7, 11) is 1.98. The van der Waals surface area contributed by atoms with E-state index >= 15 is 0 Å². The highest BCUT2D eigenvalue weighted by Crippen LogP contribution is 2.18. The van der Waals surface area contributed by atoms with Gasteiger partial charge in [-0.3, -0.25) is 0 Å². The van der Waals surface area contributed by atoms with Gasteiger partial charge in [0.25, 0.3) is 5.95 Å². The first kappa shape index (κ1) is 14.3. The van der Waals surface area contributed by atoms with E-state index in [0.29, 0.717) is 5.95 Å². The molecule has 0 N–H and O–H groups in total. The molecule has 2 heterocycles. The summed E-state index contributed by atoms with van der Waals surface area (Å²) in [4.78, 5) is 13.7. The summed E-state index contributed by atoms with van der Waals surface area (Å²) in [6.45, 7) is 0. The van der Waals surface area contributed by atoms with Crippen LogP contribution in [0.15, 0.2) is 84.1 Å². The van der Waals surface area contributed by atoms with Crippen LogP contribution in [0, 0.1) is 0 Å². The molecular formula is C20H16N4. The minimum Gasteiger partial charge on any atom is -0.348 e. The van der Waals surface area contributed by atoms with Gasteiger partial charge >= 0.3 is 0 Å². The van der Waals surface area contributed by atoms with Gasteiger partial charge in [0.2, 0.25) is 0 Å². The Balaban J connectivity index is 1.86. The summed E-state index contributed by atoms with van der Waals surface area (Å²) in [5.74, 6) is 0.469. The molecule has 24 heavy (non-hydrogen) atoms. The van der Waals surface area contributed by atoms with Gasteiger partial charge in [-0.1, -0.05) is 60.7 Å². The number of nitrogens with zero attached hydrogens (tertiary/aromatic N) is 4. The average Bonchev–Trinajstić information content (AvgIpc) is 3.02. The van der Waals surface area contributed by atoms with E-state index in [1.807, 2.05) is 90.7 Å². The van der Waals surface area contributed by atoms with E-state index in [9.17, 15) is 0 Å². The topological polar surface area (TPSA) is 43.1 Å². The molecule has 0 amide bonds. The van der Waals surface area contributed by atoms with Gasteiger partial charge in [-0.05, 0) is 6.07 Å². The van der Waals surface area contributed by atoms with Crippen molar-refractivity contribution < 1.29 is 0 Å². The molecule has 2 aromatic heterocycles. The van der Waals surface area contributed by atoms with Crippen LogP contribution >= 0.6 is 0 Å². The Bertz CT molecular complexity index is 960. The molecule has 0 atom stereocenters. The van der Waals surface area contributed by atoms with E-state index < -0.39 is 0 Å². The molecule has 2 aromatic carbocycles. The number of rotatable bonds is 3. The fourth-order valence-electron chi connectivity index (χ4n) is 2.68. The van der Waals surface area contributed by atoms with Crippen LogP contribution in [0.1, 0.15) is 11.1 Å². The van der Waals surface area contributed by atoms with Crippen LogP contribution in [0.25, 0.3) is 11.0 Å². The quantitative estimate of drug-likeness (QED) is 0.534. The molecule has 0 saturated heterocycles. The molecule has 0 fully saturated rings. The lowest BCUT2D eigenvalue weighted by molar-refractivity contribution is 0.962. The van der Waals surface area contributed by atoms with Gasteiger partial charge in [-0.25, -0.2) is 15.0 Å². The molecular weight excluding hydrogens is 296 g/mol. The third-order valence-electron chi connectivity index (χ3n) is 3.93. The zero-order valence-corrected chi connectivity index (χ0v) is 13.3. The van der Waals surface area contributed by atoms with Gasteiger partial charge < -0.3 is 4.57 Å². The highest BCUT2D eigenvalue weighted by atomic mass is 15.1. The molecule has 116 valence electrons. The number of aromatic nitrogens is 3. The fourth-order valence-corrected chi connectivity index (χ4v) is 2.68. The first-order chi connectivity index (χ1) is 11.8. The van der Waals surface area contributed by atoms with Crippen molar-refractivity contribution >= 4 is 22.7 Å². The zero-order valence-electron chi connectivity index (χ0n) is 13.3. The summed E-state index contributed by atoms with van der Waals surface area (Å²) in [5.41, 5.74) is 4.84. The van der Waals surface area contributed by atoms with E-state index in [-0.39, 0.29) is 0 Å². The normalized spacial score (nSPS) is 10.7. The fraction of sp³-hybridized carbons (Fsp3) is 0.0500. The molecule has 0 aliphatic carbocycles. The highest BCUT2D eigenvalue weighted by molar-refractivity contribution is 6.13. The van der Waals surface area contributed by atoms with Gasteiger partial charge in [0.15, 0.2) is 0 Å². The number of aryl methyl sites for hydroxylation is 1. The summed E-state index contributed by atoms with van der Waals surface area (Å²) in [5, 5.41) is 0. The van der Waals surface area contributed by atoms with Crippen LogP contribution in [0.2, 0.25) is 0 Å². The lowest BCUT2D eigenvalue weighted by atomic mass is 10.0. The van der Waals surface area contributed by atoms with Gasteiger partial charge in [0.1, 0.15) is 0 Å². The van der Waals surface area contributed by atoms with Crippen LogP contribution in [-0.4, -0.2) is 20.2 Å². The number of fused-ring (bicyclic) bond motifs is 1. The van der Waals surface area contributed by atoms with Crippen LogP contribution < -0.4 is 0 Å². The summed E-state index contributed by atoms with van der Waals surface area (Å²) in [6, 6.07) is 22.2. The maximum atomic E-state index is 4.74. The second kappa shape index (κ2) is 6.08. The molecule has 4 heteroatoms. The van der Waals surface area contributed by atoms with Crippen molar-refractivity contribution in [2.45, 2.75) is 0 Å². The Morgan fingerprint density at radius 2 is 1.50 bits per heavy atom. The van der Waals surface area contributed by atoms with Gasteiger partial charge in [0.05, 0.1) is 22.9 Å². The van der Waals surface area contributed by atoms with Crippen molar-refractivity contribution in [2.24, 2.45) is 12.0 Å². The van der Waals surface area contributed by atoms with Crippen molar-refractivity contribution in [3.8, 4) is 0 Å². The summed E-state index contributed by atoms with van der Waals surface area (Å²) < 4.78 is 2.00. The molecule has 0 aliphatic rings. The number of hydrogen-bond donors (Lipinski definition) is 0. The maximum absolute atomic E-state index is 4.74. The van der Waals surface area contributed by atoms with Crippen LogP contribution in [0.5, 0.6) is 0 Å². The first-order valence-electron chi connectivity index (χ1n) is 7.79. The minimum atomic E-state index is 0.469. The van der Waals surface area contributed by atoms with E-state index in [2.05, 4.69) is 9.97 Å². The second-order valence-electron chi connectivity index (χ2n) is 5.56. The van der Waals surface area contributed by atoms with Crippen LogP contribution in [-0.2, 0) is 7.05 Å². The van der Waals surface area contributed by atoms with Gasteiger partial charge in [-0.2, -0.15) is 0 Å². The lowest BCUT2D eigenvalue weighted by Gasteiger charge is -2.07. The summed E-state index contributed by atoms with van der Waals surface area (Å²) in [6.07, 6.45) is 3.79. The van der Waals surface area contributed by atoms with Gasteiger partial charge in [-0.15, -0.1) is 0 Å². The Morgan fingerprint density at radius 3 is 2.12 bits per heavy atom. The third-order valence-corrected chi connectivity index (χ3v) is 3.93.